The van der Waals surface area contributed by atoms with E-state index in [1.54, 1.807) is 12.4 Å². The molecule has 4 nitrogen and oxygen atoms in total. The zero-order valence-corrected chi connectivity index (χ0v) is 26.9. The number of pyridine rings is 2. The molecule has 0 unspecified atom stereocenters. The molecule has 0 saturated carbocycles. The minimum absolute atomic E-state index is 0. The third kappa shape index (κ3) is 10.7. The predicted octanol–water partition coefficient (Wildman–Crippen LogP) is 9.47. The van der Waals surface area contributed by atoms with E-state index in [-0.39, 0.29) is 31.6 Å². The molecular weight excluding hydrogens is 721 g/mol. The van der Waals surface area contributed by atoms with Crippen molar-refractivity contribution in [3.63, 3.8) is 0 Å². The molecule has 6 aromatic rings. The van der Waals surface area contributed by atoms with Crippen LogP contribution in [0.3, 0.4) is 0 Å². The molecule has 5 heteroatoms. The van der Waals surface area contributed by atoms with Gasteiger partial charge >= 0.3 is 0 Å². The number of carbonyl (C=O) groups excluding carboxylic acids is 1. The number of allylic oxidation sites excluding steroid dienone is 2. The molecule has 0 aliphatic heterocycles. The quantitative estimate of drug-likeness (QED) is 0.108. The number of aliphatic hydroxyl groups is 1. The maximum Gasteiger partial charge on any atom is 0.155 e. The van der Waals surface area contributed by atoms with Gasteiger partial charge in [-0.2, -0.15) is 0 Å². The minimum Gasteiger partial charge on any atom is -0.512 e. The van der Waals surface area contributed by atoms with Crippen molar-refractivity contribution in [1.29, 1.82) is 0 Å². The molecule has 0 bridgehead atoms. The number of hydrogen-bond donors (Lipinski definition) is 1. The molecule has 1 N–H and O–H groups in total. The van der Waals surface area contributed by atoms with Crippen LogP contribution in [-0.4, -0.2) is 20.9 Å². The average molecular weight is 753 g/mol. The van der Waals surface area contributed by atoms with E-state index in [4.69, 9.17) is 5.11 Å². The summed E-state index contributed by atoms with van der Waals surface area (Å²) >= 11 is 0. The van der Waals surface area contributed by atoms with Gasteiger partial charge in [0.25, 0.3) is 0 Å². The number of ketones is 1. The Morgan fingerprint density at radius 3 is 1.32 bits per heavy atom. The molecule has 2 aromatic heterocycles. The molecule has 0 atom stereocenters. The van der Waals surface area contributed by atoms with Gasteiger partial charge in [-0.15, -0.1) is 70.8 Å². The van der Waals surface area contributed by atoms with Gasteiger partial charge in [0.15, 0.2) is 5.78 Å². The molecule has 221 valence electrons. The smallest absolute Gasteiger partial charge is 0.155 e. The monoisotopic (exact) mass is 753 g/mol. The number of hydrogen-bond acceptors (Lipinski definition) is 4. The first-order valence-electron chi connectivity index (χ1n) is 13.8. The molecule has 0 saturated heterocycles. The summed E-state index contributed by atoms with van der Waals surface area (Å²) in [6.45, 7) is 2.85. The Balaban J connectivity index is 0.000000196. The van der Waals surface area contributed by atoms with Crippen LogP contribution >= 0.6 is 0 Å². The molecule has 1 radical (unpaired) electrons. The Kier molecular flexibility index (Phi) is 13.6. The van der Waals surface area contributed by atoms with Crippen molar-refractivity contribution in [2.24, 2.45) is 0 Å². The van der Waals surface area contributed by atoms with E-state index >= 15 is 0 Å². The van der Waals surface area contributed by atoms with Crippen LogP contribution in [0.15, 0.2) is 158 Å². The van der Waals surface area contributed by atoms with Gasteiger partial charge in [0.1, 0.15) is 0 Å². The van der Waals surface area contributed by atoms with E-state index in [0.29, 0.717) is 0 Å². The molecule has 4 aromatic carbocycles. The molecule has 0 aliphatic carbocycles. The molecule has 44 heavy (non-hydrogen) atoms. The normalized spacial score (nSPS) is 10.2. The molecular formula is C39H32IrN2O2-2. The Morgan fingerprint density at radius 2 is 1.00 bits per heavy atom. The van der Waals surface area contributed by atoms with Gasteiger partial charge in [0, 0.05) is 38.6 Å². The van der Waals surface area contributed by atoms with E-state index in [9.17, 15) is 4.79 Å². The summed E-state index contributed by atoms with van der Waals surface area (Å²) in [5.74, 6) is -0.0625. The number of aliphatic hydroxyl groups excluding tert-OH is 1. The van der Waals surface area contributed by atoms with Gasteiger partial charge in [-0.05, 0) is 48.5 Å². The summed E-state index contributed by atoms with van der Waals surface area (Å²) in [7, 11) is 0. The van der Waals surface area contributed by atoms with Crippen LogP contribution in [0.2, 0.25) is 0 Å². The van der Waals surface area contributed by atoms with Gasteiger partial charge in [-0.25, -0.2) is 0 Å². The van der Waals surface area contributed by atoms with Gasteiger partial charge < -0.3 is 15.1 Å². The first kappa shape index (κ1) is 33.5. The van der Waals surface area contributed by atoms with Crippen molar-refractivity contribution in [3.8, 4) is 44.8 Å². The number of benzene rings is 4. The number of rotatable bonds is 5. The van der Waals surface area contributed by atoms with Crippen molar-refractivity contribution >= 4 is 5.78 Å². The summed E-state index contributed by atoms with van der Waals surface area (Å²) in [6, 6.07) is 51.3. The SMILES string of the molecule is CC(=O)/C=C(/C)O.[Ir].[c-]1ccc(-c2ccccc2)cc1-c1ccccn1.[c-]1ccc(-c2ccccc2)cc1-c1ccccn1. The van der Waals surface area contributed by atoms with E-state index < -0.39 is 0 Å². The van der Waals surface area contributed by atoms with Gasteiger partial charge in [0.05, 0.1) is 5.76 Å². The molecule has 0 aliphatic rings. The molecule has 6 rings (SSSR count). The fraction of sp³-hybridized carbons (Fsp3) is 0.0513. The van der Waals surface area contributed by atoms with Crippen LogP contribution in [0, 0.1) is 12.1 Å². The third-order valence-corrected chi connectivity index (χ3v) is 6.11. The van der Waals surface area contributed by atoms with Crippen LogP contribution < -0.4 is 0 Å². The van der Waals surface area contributed by atoms with Crippen LogP contribution in [0.5, 0.6) is 0 Å². The van der Waals surface area contributed by atoms with Crippen molar-refractivity contribution in [3.05, 3.63) is 170 Å². The minimum atomic E-state index is -0.125. The molecule has 2 heterocycles. The van der Waals surface area contributed by atoms with Gasteiger partial charge in [-0.1, -0.05) is 84.9 Å². The molecule has 0 fully saturated rings. The first-order chi connectivity index (χ1) is 21.0. The summed E-state index contributed by atoms with van der Waals surface area (Å²) in [6.07, 6.45) is 4.77. The van der Waals surface area contributed by atoms with E-state index in [1.807, 2.05) is 84.9 Å². The van der Waals surface area contributed by atoms with Crippen LogP contribution in [0.1, 0.15) is 13.8 Å². The van der Waals surface area contributed by atoms with Crippen LogP contribution in [-0.2, 0) is 24.9 Å². The zero-order chi connectivity index (χ0) is 30.3. The van der Waals surface area contributed by atoms with E-state index in [0.717, 1.165) is 22.5 Å². The van der Waals surface area contributed by atoms with Gasteiger partial charge in [0.2, 0.25) is 0 Å². The van der Waals surface area contributed by atoms with Crippen molar-refractivity contribution in [1.82, 2.24) is 9.97 Å². The number of nitrogens with zero attached hydrogens (tertiary/aromatic N) is 2. The first-order valence-corrected chi connectivity index (χ1v) is 13.8. The summed E-state index contributed by atoms with van der Waals surface area (Å²) in [5, 5.41) is 8.36. The fourth-order valence-electron chi connectivity index (χ4n) is 4.19. The topological polar surface area (TPSA) is 63.1 Å². The number of aromatic nitrogens is 2. The van der Waals surface area contributed by atoms with Crippen molar-refractivity contribution in [2.75, 3.05) is 0 Å². The fourth-order valence-corrected chi connectivity index (χ4v) is 4.19. The average Bonchev–Trinajstić information content (AvgIpc) is 3.06. The maximum atomic E-state index is 10.0. The second kappa shape index (κ2) is 17.9. The Hall–Kier alpha value is -4.96. The summed E-state index contributed by atoms with van der Waals surface area (Å²) in [5.41, 5.74) is 8.76. The van der Waals surface area contributed by atoms with Gasteiger partial charge in [-0.3, -0.25) is 4.79 Å². The van der Waals surface area contributed by atoms with E-state index in [2.05, 4.69) is 70.6 Å². The van der Waals surface area contributed by atoms with Crippen molar-refractivity contribution in [2.45, 2.75) is 13.8 Å². The molecule has 0 spiro atoms. The van der Waals surface area contributed by atoms with Crippen LogP contribution in [0.4, 0.5) is 0 Å². The number of carbonyl (C=O) groups is 1. The third-order valence-electron chi connectivity index (χ3n) is 6.11. The Labute approximate surface area is 273 Å². The predicted molar refractivity (Wildman–Crippen MR) is 175 cm³/mol. The Bertz CT molecular complexity index is 1510. The van der Waals surface area contributed by atoms with E-state index in [1.165, 1.54) is 42.2 Å². The Morgan fingerprint density at radius 1 is 0.591 bits per heavy atom. The standard InChI is InChI=1S/2C17H12N.C5H8O2.Ir/c2*1-2-7-14(8-3-1)15-9-6-10-16(13-15)17-11-4-5-12-18-17;1-4(6)3-5(2)7;/h2*1-9,11-13H;3,6H,1-2H3;/q2*-1;;/b;;4-3-;. The zero-order valence-electron chi connectivity index (χ0n) is 24.5. The summed E-state index contributed by atoms with van der Waals surface area (Å²) in [4.78, 5) is 18.7. The summed E-state index contributed by atoms with van der Waals surface area (Å²) < 4.78 is 0. The second-order valence-electron chi connectivity index (χ2n) is 9.54. The molecule has 0 amide bonds. The largest absolute Gasteiger partial charge is 0.512 e. The second-order valence-corrected chi connectivity index (χ2v) is 9.54. The van der Waals surface area contributed by atoms with Crippen molar-refractivity contribution < 1.29 is 30.0 Å². The maximum absolute atomic E-state index is 10.0. The van der Waals surface area contributed by atoms with Crippen LogP contribution in [0.25, 0.3) is 44.8 Å².